The molecule has 0 aliphatic carbocycles. The second-order valence-electron chi connectivity index (χ2n) is 32.6. The van der Waals surface area contributed by atoms with E-state index in [4.69, 9.17) is 56.8 Å². The molecule has 0 spiro atoms. The van der Waals surface area contributed by atoms with Gasteiger partial charge in [0.25, 0.3) is 33.4 Å². The summed E-state index contributed by atoms with van der Waals surface area (Å²) in [6.07, 6.45) is 6.92. The summed E-state index contributed by atoms with van der Waals surface area (Å²) in [6, 6.07) is 0. The molecule has 127 heavy (non-hydrogen) atoms. The number of aromatic amines is 6. The van der Waals surface area contributed by atoms with Crippen molar-refractivity contribution in [2.24, 2.45) is 23.7 Å². The second kappa shape index (κ2) is 39.4. The molecule has 18 heterocycles. The molecule has 53 heteroatoms. The first-order chi connectivity index (χ1) is 60.5. The number of ether oxygens (including phenoxy) is 6. The highest BCUT2D eigenvalue weighted by Gasteiger charge is 2.53. The SMILES string of the molecule is CC[C@H]1O[C@@H](n2cnc3c(=O)[nH]cnc32)[C@H](O)[C@@H]1C.CC[C@H]1O[C@@H](n2cnc3c(=O)[nH]cnc32)[C@H](O)[C@@H]1C.CC[C@H]1O[C@@H](n2cnc3c(=O)[nH]cnc32)[C@H](O[P+](=O)O)[C@@H]1C.CC[C@H]1O[C@@H](n2cnc3c(=O)[nH]cnc32)[C@H](O[Si](C)(C)C(C)(C)C)[C@@H]1O.C[C@H]1[C@@H](O[P+](=O)O)[C@H](n2cnc3c(=O)[nH]cnc32)O[C@@H]1CO.O=c1[nH]cnc2c1ncn2[C@@H]1O[C@H](CO)[C@@H](O)[C@H]1O. The van der Waals surface area contributed by atoms with E-state index in [1.165, 1.54) is 85.1 Å². The molecule has 12 aromatic heterocycles. The van der Waals surface area contributed by atoms with Gasteiger partial charge in [0, 0.05) is 32.8 Å². The van der Waals surface area contributed by atoms with Crippen molar-refractivity contribution < 1.29 is 96.6 Å². The van der Waals surface area contributed by atoms with Crippen LogP contribution in [0.2, 0.25) is 18.1 Å². The summed E-state index contributed by atoms with van der Waals surface area (Å²) in [4.78, 5) is 152. The van der Waals surface area contributed by atoms with Gasteiger partial charge >= 0.3 is 16.5 Å². The number of aliphatic hydroxyl groups excluding tert-OH is 7. The van der Waals surface area contributed by atoms with E-state index in [2.05, 4.69) is 124 Å². The number of imidazole rings is 6. The van der Waals surface area contributed by atoms with Crippen LogP contribution in [0, 0.1) is 23.7 Å². The number of nitrogens with zero attached hydrogens (tertiary/aromatic N) is 18. The van der Waals surface area contributed by atoms with Crippen molar-refractivity contribution in [2.75, 3.05) is 13.2 Å². The Morgan fingerprint density at radius 1 is 0.354 bits per heavy atom. The average Bonchev–Trinajstić information content (AvgIpc) is 1.61. The first-order valence-corrected chi connectivity index (χ1v) is 46.0. The monoisotopic (exact) mass is 1830 g/mol. The van der Waals surface area contributed by atoms with E-state index in [1.807, 2.05) is 48.5 Å². The predicted molar refractivity (Wildman–Crippen MR) is 446 cm³/mol. The zero-order valence-corrected chi connectivity index (χ0v) is 73.7. The number of hydrogen-bond acceptors (Lipinski definition) is 36. The van der Waals surface area contributed by atoms with Gasteiger partial charge in [0.1, 0.15) is 42.7 Å². The Labute approximate surface area is 720 Å². The minimum Gasteiger partial charge on any atom is -0.407 e. The lowest BCUT2D eigenvalue weighted by Gasteiger charge is -2.40. The second-order valence-corrected chi connectivity index (χ2v) is 38.7. The quantitative estimate of drug-likeness (QED) is 0.0428. The number of fused-ring (bicyclic) bond motifs is 6. The van der Waals surface area contributed by atoms with E-state index in [-0.39, 0.29) is 126 Å². The van der Waals surface area contributed by atoms with Gasteiger partial charge in [-0.25, -0.2) is 59.8 Å². The highest BCUT2D eigenvalue weighted by atomic mass is 31.1. The molecule has 2 unspecified atom stereocenters. The maximum absolute atomic E-state index is 11.9. The van der Waals surface area contributed by atoms with Gasteiger partial charge in [0.2, 0.25) is 0 Å². The number of hydrogen-bond donors (Lipinski definition) is 15. The van der Waals surface area contributed by atoms with Crippen LogP contribution < -0.4 is 33.4 Å². The normalized spacial score (nSPS) is 29.7. The van der Waals surface area contributed by atoms with Gasteiger partial charge in [0.15, 0.2) is 125 Å². The van der Waals surface area contributed by atoms with Gasteiger partial charge in [0.05, 0.1) is 120 Å². The third kappa shape index (κ3) is 18.9. The van der Waals surface area contributed by atoms with Crippen molar-refractivity contribution >= 4 is 91.8 Å². The number of rotatable bonds is 18. The molecular weight excluding hydrogens is 1730 g/mol. The van der Waals surface area contributed by atoms with Gasteiger partial charge < -0.3 is 98.5 Å². The minimum absolute atomic E-state index is 0.000512. The summed E-state index contributed by atoms with van der Waals surface area (Å²) >= 11 is 0. The molecule has 0 radical (unpaired) electrons. The topological polar surface area (TPSA) is 681 Å². The van der Waals surface area contributed by atoms with Crippen molar-refractivity contribution in [1.82, 2.24) is 117 Å². The standard InChI is InChI=1S/C17H28N4O4Si.C12H15N4O5P.2C12H16N4O3.C11H13N4O6P.C10H12N4O5/c1-7-10-12(22)13(25-26(5,6)17(2,3)4)16(24-10)21-9-20-11-14(21)18-8-19-15(11)23;1-3-7-6(2)9(21-22(18)19)12(20-7)16-5-15-8-10(16)13-4-14-11(8)17;2*1-3-7-6(2)9(17)12(19-7)16-5-15-8-10(16)13-4-14-11(8)18;1-5-6(2-16)20-11(8(5)21-22(18)19)15-4-14-7-9(15)12-3-13-10(7)17;15-1-4-6(16)7(17)10(19-4)14-3-13-5-8(14)11-2-12-9(5)18/h8-10,12-13,16,22H,7H2,1-6H3,(H,18,19,23);4-7,9,12H,3H2,1-2H3,(H-,13,14,17,18,19);2*4-7,9,12,17H,3H2,1-2H3,(H,13,14,18);3-6,8,11,16H,2H2,1H3,(H-,12,13,17,18,19);2-4,6-7,10,15-17H,1H2,(H,11,12,18)/p+2/t10-,12-,13-,16-;3*6-,7-,9-,12-;5-,6-,8-,11-;4-,6-,7-,10-/m111111/s1. The molecular formula is C74H102N24O26P2Si+2. The van der Waals surface area contributed by atoms with Crippen LogP contribution in [0.15, 0.2) is 105 Å². The third-order valence-corrected chi connectivity index (χ3v) is 29.3. The molecule has 6 fully saturated rings. The average molecular weight is 1830 g/mol. The Morgan fingerprint density at radius 2 is 0.598 bits per heavy atom. The van der Waals surface area contributed by atoms with Gasteiger partial charge in [-0.15, -0.1) is 18.8 Å². The first kappa shape index (κ1) is 94.4. The number of aromatic nitrogens is 24. The minimum atomic E-state index is -2.85. The van der Waals surface area contributed by atoms with Crippen LogP contribution >= 0.6 is 16.5 Å². The van der Waals surface area contributed by atoms with Crippen molar-refractivity contribution in [3.8, 4) is 0 Å². The lowest BCUT2D eigenvalue weighted by atomic mass is 9.99. The lowest BCUT2D eigenvalue weighted by molar-refractivity contribution is -0.0511. The maximum atomic E-state index is 11.9. The molecule has 50 nitrogen and oxygen atoms in total. The molecule has 0 aromatic carbocycles. The van der Waals surface area contributed by atoms with Crippen LogP contribution in [0.5, 0.6) is 0 Å². The molecule has 26 atom stereocenters. The molecule has 0 amide bonds. The van der Waals surface area contributed by atoms with Crippen molar-refractivity contribution in [3.05, 3.63) is 138 Å². The van der Waals surface area contributed by atoms with Gasteiger partial charge in [-0.2, -0.15) is 0 Å². The maximum Gasteiger partial charge on any atom is 0.695 e. The smallest absolute Gasteiger partial charge is 0.407 e. The van der Waals surface area contributed by atoms with Gasteiger partial charge in [-0.05, 0) is 43.8 Å². The van der Waals surface area contributed by atoms with Crippen LogP contribution in [0.4, 0.5) is 0 Å². The molecule has 12 aromatic rings. The zero-order valence-electron chi connectivity index (χ0n) is 70.9. The molecule has 0 bridgehead atoms. The van der Waals surface area contributed by atoms with Gasteiger partial charge in [-0.3, -0.25) is 56.2 Å². The van der Waals surface area contributed by atoms with Crippen molar-refractivity contribution in [3.63, 3.8) is 0 Å². The van der Waals surface area contributed by atoms with E-state index in [0.717, 1.165) is 19.3 Å². The summed E-state index contributed by atoms with van der Waals surface area (Å²) in [5.41, 5.74) is 1.24. The Balaban J connectivity index is 0.000000131. The van der Waals surface area contributed by atoms with Crippen LogP contribution in [0.25, 0.3) is 67.0 Å². The van der Waals surface area contributed by atoms with Crippen LogP contribution in [-0.2, 0) is 51.0 Å². The molecule has 6 aliphatic rings. The fourth-order valence-corrected chi connectivity index (χ4v) is 18.1. The predicted octanol–water partition coefficient (Wildman–Crippen LogP) is 1.54. The van der Waals surface area contributed by atoms with Crippen LogP contribution in [0.1, 0.15) is 139 Å². The molecule has 686 valence electrons. The molecule has 0 saturated carbocycles. The van der Waals surface area contributed by atoms with E-state index >= 15 is 0 Å². The Kier molecular flexibility index (Phi) is 29.3. The summed E-state index contributed by atoms with van der Waals surface area (Å²) in [6.45, 7) is 25.6. The Morgan fingerprint density at radius 3 is 0.866 bits per heavy atom. The first-order valence-electron chi connectivity index (χ1n) is 40.8. The summed E-state index contributed by atoms with van der Waals surface area (Å²) < 4.78 is 83.0. The van der Waals surface area contributed by atoms with Crippen molar-refractivity contribution in [2.45, 2.75) is 243 Å². The molecule has 18 rings (SSSR count). The highest BCUT2D eigenvalue weighted by Crippen LogP contribution is 2.46. The fraction of sp³-hybridized carbons (Fsp3) is 0.595. The van der Waals surface area contributed by atoms with Crippen molar-refractivity contribution in [1.29, 1.82) is 0 Å². The molecule has 6 saturated heterocycles. The highest BCUT2D eigenvalue weighted by molar-refractivity contribution is 7.32. The Hall–Kier alpha value is -10.2. The largest absolute Gasteiger partial charge is 0.695 e. The zero-order chi connectivity index (χ0) is 91.7. The van der Waals surface area contributed by atoms with E-state index in [0.29, 0.717) is 29.0 Å². The fourth-order valence-electron chi connectivity index (χ4n) is 15.8. The van der Waals surface area contributed by atoms with E-state index in [9.17, 15) is 68.5 Å². The molecule has 6 aliphatic heterocycles. The summed E-state index contributed by atoms with van der Waals surface area (Å²) in [5, 5.41) is 69.4. The summed E-state index contributed by atoms with van der Waals surface area (Å²) in [5.74, 6) is -0.343. The number of aliphatic hydroxyl groups is 7. The Bertz CT molecular complexity index is 5830. The van der Waals surface area contributed by atoms with Crippen LogP contribution in [-0.4, -0.2) is 270 Å². The third-order valence-electron chi connectivity index (χ3n) is 24.0. The lowest BCUT2D eigenvalue weighted by Crippen LogP contribution is -2.48. The number of nitrogens with one attached hydrogen (secondary N) is 6. The molecule has 15 N–H and O–H groups in total. The van der Waals surface area contributed by atoms with Crippen LogP contribution in [0.3, 0.4) is 0 Å². The summed E-state index contributed by atoms with van der Waals surface area (Å²) in [7, 11) is -7.76. The van der Waals surface area contributed by atoms with E-state index in [1.54, 1.807) is 25.2 Å². The van der Waals surface area contributed by atoms with E-state index < -0.39 is 141 Å². The van der Waals surface area contributed by atoms with Gasteiger partial charge in [-0.1, -0.05) is 76.2 Å². The number of H-pyrrole nitrogens is 6.